The van der Waals surface area contributed by atoms with E-state index in [0.29, 0.717) is 11.5 Å². The fraction of sp³-hybridized carbons (Fsp3) is 1.00. The van der Waals surface area contributed by atoms with Gasteiger partial charge in [0.25, 0.3) is 0 Å². The molecule has 2 saturated carbocycles. The summed E-state index contributed by atoms with van der Waals surface area (Å²) in [4.78, 5) is 2.85. The zero-order chi connectivity index (χ0) is 13.5. The lowest BCUT2D eigenvalue weighted by Gasteiger charge is -2.46. The topological polar surface area (TPSA) is 15.3 Å². The van der Waals surface area contributed by atoms with Crippen LogP contribution in [0.1, 0.15) is 58.8 Å². The smallest absolute Gasteiger partial charge is 0.0271 e. The molecule has 110 valence electrons. The quantitative estimate of drug-likeness (QED) is 0.823. The van der Waals surface area contributed by atoms with E-state index in [4.69, 9.17) is 0 Å². The van der Waals surface area contributed by atoms with Crippen molar-refractivity contribution >= 4 is 0 Å². The first-order valence-corrected chi connectivity index (χ1v) is 8.53. The molecular formula is C17H32N2. The molecule has 0 spiro atoms. The molecule has 0 bridgehead atoms. The third-order valence-corrected chi connectivity index (χ3v) is 6.41. The first-order valence-electron chi connectivity index (χ1n) is 8.53. The average molecular weight is 264 g/mol. The van der Waals surface area contributed by atoms with Gasteiger partial charge >= 0.3 is 0 Å². The Hall–Kier alpha value is -0.0800. The summed E-state index contributed by atoms with van der Waals surface area (Å²) in [5.74, 6) is 2.08. The van der Waals surface area contributed by atoms with Crippen molar-refractivity contribution in [1.29, 1.82) is 0 Å². The summed E-state index contributed by atoms with van der Waals surface area (Å²) in [6.45, 7) is 7.65. The van der Waals surface area contributed by atoms with E-state index in [-0.39, 0.29) is 0 Å². The van der Waals surface area contributed by atoms with Gasteiger partial charge in [-0.25, -0.2) is 0 Å². The zero-order valence-electron chi connectivity index (χ0n) is 13.1. The van der Waals surface area contributed by atoms with Gasteiger partial charge in [-0.05, 0) is 56.5 Å². The summed E-state index contributed by atoms with van der Waals surface area (Å²) in [5, 5.41) is 3.63. The van der Waals surface area contributed by atoms with Crippen molar-refractivity contribution in [1.82, 2.24) is 10.2 Å². The highest BCUT2D eigenvalue weighted by atomic mass is 15.2. The Morgan fingerprint density at radius 3 is 2.47 bits per heavy atom. The largest absolute Gasteiger partial charge is 0.315 e. The molecule has 2 nitrogen and oxygen atoms in total. The van der Waals surface area contributed by atoms with E-state index in [1.807, 2.05) is 0 Å². The SMILES string of the molecule is CNC1C(N2CCC3CCCCC3C2)CCC1(C)C. The normalized spacial score (nSPS) is 43.1. The third kappa shape index (κ3) is 2.58. The minimum Gasteiger partial charge on any atom is -0.315 e. The molecule has 0 radical (unpaired) electrons. The Kier molecular flexibility index (Phi) is 3.92. The third-order valence-electron chi connectivity index (χ3n) is 6.41. The van der Waals surface area contributed by atoms with Crippen LogP contribution in [0.2, 0.25) is 0 Å². The van der Waals surface area contributed by atoms with E-state index in [9.17, 15) is 0 Å². The van der Waals surface area contributed by atoms with Gasteiger partial charge in [0.05, 0.1) is 0 Å². The summed E-state index contributed by atoms with van der Waals surface area (Å²) >= 11 is 0. The number of piperidine rings is 1. The molecular weight excluding hydrogens is 232 g/mol. The summed E-state index contributed by atoms with van der Waals surface area (Å²) < 4.78 is 0. The lowest BCUT2D eigenvalue weighted by Crippen LogP contribution is -2.54. The van der Waals surface area contributed by atoms with Crippen molar-refractivity contribution in [2.75, 3.05) is 20.1 Å². The minimum absolute atomic E-state index is 0.475. The molecule has 4 atom stereocenters. The average Bonchev–Trinajstić information content (AvgIpc) is 2.73. The lowest BCUT2D eigenvalue weighted by molar-refractivity contribution is 0.0441. The van der Waals surface area contributed by atoms with Crippen LogP contribution in [0.15, 0.2) is 0 Å². The molecule has 2 aliphatic carbocycles. The summed E-state index contributed by atoms with van der Waals surface area (Å²) in [5.41, 5.74) is 0.475. The molecule has 0 aromatic rings. The minimum atomic E-state index is 0.475. The standard InChI is InChI=1S/C17H32N2/c1-17(2)10-8-15(16(17)18-3)19-11-9-13-6-4-5-7-14(13)12-19/h13-16,18H,4-12H2,1-3H3. The highest BCUT2D eigenvalue weighted by molar-refractivity contribution is 5.02. The highest BCUT2D eigenvalue weighted by Gasteiger charge is 2.45. The van der Waals surface area contributed by atoms with Gasteiger partial charge in [0, 0.05) is 18.6 Å². The predicted molar refractivity (Wildman–Crippen MR) is 81.3 cm³/mol. The van der Waals surface area contributed by atoms with Crippen LogP contribution in [0.25, 0.3) is 0 Å². The van der Waals surface area contributed by atoms with Crippen molar-refractivity contribution in [2.24, 2.45) is 17.3 Å². The number of likely N-dealkylation sites (N-methyl/N-ethyl adjacent to an activating group) is 1. The maximum atomic E-state index is 3.63. The van der Waals surface area contributed by atoms with Crippen LogP contribution < -0.4 is 5.32 Å². The van der Waals surface area contributed by atoms with Crippen molar-refractivity contribution < 1.29 is 0 Å². The summed E-state index contributed by atoms with van der Waals surface area (Å²) in [6, 6.07) is 1.48. The molecule has 1 N–H and O–H groups in total. The number of fused-ring (bicyclic) bond motifs is 1. The van der Waals surface area contributed by atoms with E-state index < -0.39 is 0 Å². The van der Waals surface area contributed by atoms with Crippen molar-refractivity contribution in [3.63, 3.8) is 0 Å². The van der Waals surface area contributed by atoms with E-state index in [2.05, 4.69) is 31.1 Å². The van der Waals surface area contributed by atoms with Gasteiger partial charge in [-0.15, -0.1) is 0 Å². The number of likely N-dealkylation sites (tertiary alicyclic amines) is 1. The molecule has 1 heterocycles. The number of nitrogens with zero attached hydrogens (tertiary/aromatic N) is 1. The van der Waals surface area contributed by atoms with Gasteiger partial charge in [-0.1, -0.05) is 33.1 Å². The van der Waals surface area contributed by atoms with E-state index in [1.165, 1.54) is 58.0 Å². The molecule has 2 heteroatoms. The maximum absolute atomic E-state index is 3.63. The van der Waals surface area contributed by atoms with Crippen molar-refractivity contribution in [3.8, 4) is 0 Å². The molecule has 4 unspecified atom stereocenters. The number of nitrogens with one attached hydrogen (secondary N) is 1. The fourth-order valence-corrected chi connectivity index (χ4v) is 5.27. The Bertz CT molecular complexity index is 312. The molecule has 1 saturated heterocycles. The van der Waals surface area contributed by atoms with Crippen LogP contribution in [-0.4, -0.2) is 37.1 Å². The molecule has 3 fully saturated rings. The Balaban J connectivity index is 1.66. The molecule has 1 aliphatic heterocycles. The molecule has 19 heavy (non-hydrogen) atoms. The Morgan fingerprint density at radius 1 is 1.00 bits per heavy atom. The molecule has 3 rings (SSSR count). The maximum Gasteiger partial charge on any atom is 0.0271 e. The second kappa shape index (κ2) is 5.37. The van der Waals surface area contributed by atoms with Crippen LogP contribution in [0.3, 0.4) is 0 Å². The first-order chi connectivity index (χ1) is 9.12. The van der Waals surface area contributed by atoms with E-state index >= 15 is 0 Å². The van der Waals surface area contributed by atoms with Gasteiger partial charge < -0.3 is 5.32 Å². The van der Waals surface area contributed by atoms with E-state index in [1.54, 1.807) is 0 Å². The number of rotatable bonds is 2. The van der Waals surface area contributed by atoms with Crippen LogP contribution in [0.5, 0.6) is 0 Å². The van der Waals surface area contributed by atoms with Gasteiger partial charge in [-0.2, -0.15) is 0 Å². The van der Waals surface area contributed by atoms with Crippen molar-refractivity contribution in [2.45, 2.75) is 70.9 Å². The highest BCUT2D eigenvalue weighted by Crippen LogP contribution is 2.43. The second-order valence-corrected chi connectivity index (χ2v) is 7.95. The van der Waals surface area contributed by atoms with Crippen LogP contribution in [0.4, 0.5) is 0 Å². The Labute approximate surface area is 119 Å². The van der Waals surface area contributed by atoms with Crippen LogP contribution >= 0.6 is 0 Å². The molecule has 0 amide bonds. The molecule has 3 aliphatic rings. The van der Waals surface area contributed by atoms with Gasteiger partial charge in [0.1, 0.15) is 0 Å². The zero-order valence-corrected chi connectivity index (χ0v) is 13.1. The van der Waals surface area contributed by atoms with Crippen LogP contribution in [-0.2, 0) is 0 Å². The van der Waals surface area contributed by atoms with Gasteiger partial charge in [0.15, 0.2) is 0 Å². The summed E-state index contributed by atoms with van der Waals surface area (Å²) in [6.07, 6.45) is 10.3. The van der Waals surface area contributed by atoms with Crippen LogP contribution in [0, 0.1) is 17.3 Å². The monoisotopic (exact) mass is 264 g/mol. The van der Waals surface area contributed by atoms with Gasteiger partial charge in [0.2, 0.25) is 0 Å². The summed E-state index contributed by atoms with van der Waals surface area (Å²) in [7, 11) is 2.16. The van der Waals surface area contributed by atoms with Crippen molar-refractivity contribution in [3.05, 3.63) is 0 Å². The molecule has 0 aromatic heterocycles. The molecule has 0 aromatic carbocycles. The lowest BCUT2D eigenvalue weighted by atomic mass is 9.74. The van der Waals surface area contributed by atoms with E-state index in [0.717, 1.165) is 17.9 Å². The Morgan fingerprint density at radius 2 is 1.74 bits per heavy atom. The predicted octanol–water partition coefficient (Wildman–Crippen LogP) is 3.28. The fourth-order valence-electron chi connectivity index (χ4n) is 5.27. The first kappa shape index (κ1) is 13.9. The second-order valence-electron chi connectivity index (χ2n) is 7.95. The van der Waals surface area contributed by atoms with Gasteiger partial charge in [-0.3, -0.25) is 4.90 Å². The number of hydrogen-bond donors (Lipinski definition) is 1. The number of hydrogen-bond acceptors (Lipinski definition) is 2.